The fourth-order valence-corrected chi connectivity index (χ4v) is 2.29. The number of amides is 2. The first kappa shape index (κ1) is 19.7. The molecule has 0 bridgehead atoms. The van der Waals surface area contributed by atoms with Crippen LogP contribution in [0.5, 0.6) is 0 Å². The molecule has 1 atom stereocenters. The second-order valence-corrected chi connectivity index (χ2v) is 5.83. The van der Waals surface area contributed by atoms with Gasteiger partial charge in [0.05, 0.1) is 17.7 Å². The Bertz CT molecular complexity index is 885. The second kappa shape index (κ2) is 9.15. The van der Waals surface area contributed by atoms with Crippen LogP contribution in [0.25, 0.3) is 0 Å². The van der Waals surface area contributed by atoms with Gasteiger partial charge in [-0.05, 0) is 36.8 Å². The molecule has 2 aromatic rings. The monoisotopic (exact) mass is 365 g/mol. The first-order valence-electron chi connectivity index (χ1n) is 8.25. The molecule has 2 amide bonds. The van der Waals surface area contributed by atoms with Gasteiger partial charge in [-0.3, -0.25) is 14.4 Å². The third-order valence-corrected chi connectivity index (χ3v) is 3.61. The van der Waals surface area contributed by atoms with Crippen molar-refractivity contribution < 1.29 is 19.1 Å². The molecule has 0 fully saturated rings. The van der Waals surface area contributed by atoms with Crippen molar-refractivity contribution in [2.45, 2.75) is 26.4 Å². The zero-order valence-electron chi connectivity index (χ0n) is 15.0. The summed E-state index contributed by atoms with van der Waals surface area (Å²) in [5.74, 6) is -1.26. The number of hydrogen-bond donors (Lipinski definition) is 2. The van der Waals surface area contributed by atoms with Crippen LogP contribution >= 0.6 is 0 Å². The van der Waals surface area contributed by atoms with Crippen molar-refractivity contribution in [1.82, 2.24) is 0 Å². The van der Waals surface area contributed by atoms with Gasteiger partial charge in [0.1, 0.15) is 6.07 Å². The summed E-state index contributed by atoms with van der Waals surface area (Å²) < 4.78 is 5.15. The zero-order chi connectivity index (χ0) is 19.8. The lowest BCUT2D eigenvalue weighted by atomic mass is 10.1. The minimum absolute atomic E-state index is 0.00719. The maximum absolute atomic E-state index is 12.2. The van der Waals surface area contributed by atoms with E-state index >= 15 is 0 Å². The van der Waals surface area contributed by atoms with Crippen LogP contribution in [0.2, 0.25) is 0 Å². The number of anilines is 2. The van der Waals surface area contributed by atoms with Crippen LogP contribution in [0, 0.1) is 11.3 Å². The van der Waals surface area contributed by atoms with Gasteiger partial charge in [0, 0.05) is 12.6 Å². The number of nitrogens with zero attached hydrogens (tertiary/aromatic N) is 1. The average Bonchev–Trinajstić information content (AvgIpc) is 2.63. The summed E-state index contributed by atoms with van der Waals surface area (Å²) in [7, 11) is 0. The number of nitriles is 1. The summed E-state index contributed by atoms with van der Waals surface area (Å²) in [5.41, 5.74) is 2.00. The summed E-state index contributed by atoms with van der Waals surface area (Å²) >= 11 is 0. The van der Waals surface area contributed by atoms with E-state index in [-0.39, 0.29) is 12.3 Å². The molecule has 0 aliphatic carbocycles. The Morgan fingerprint density at radius 2 is 1.74 bits per heavy atom. The molecule has 0 heterocycles. The van der Waals surface area contributed by atoms with E-state index in [0.717, 1.165) is 0 Å². The van der Waals surface area contributed by atoms with E-state index in [9.17, 15) is 14.4 Å². The van der Waals surface area contributed by atoms with E-state index in [1.165, 1.54) is 13.8 Å². The van der Waals surface area contributed by atoms with Crippen LogP contribution in [-0.4, -0.2) is 23.9 Å². The number of benzene rings is 2. The van der Waals surface area contributed by atoms with Gasteiger partial charge < -0.3 is 15.4 Å². The number of carbonyl (C=O) groups excluding carboxylic acids is 3. The maximum atomic E-state index is 12.2. The predicted octanol–water partition coefficient (Wildman–Crippen LogP) is 2.63. The Kier molecular flexibility index (Phi) is 6.67. The molecule has 0 saturated heterocycles. The average molecular weight is 365 g/mol. The molecule has 27 heavy (non-hydrogen) atoms. The van der Waals surface area contributed by atoms with Crippen molar-refractivity contribution >= 4 is 29.2 Å². The highest BCUT2D eigenvalue weighted by Crippen LogP contribution is 2.15. The lowest BCUT2D eigenvalue weighted by Gasteiger charge is -2.14. The summed E-state index contributed by atoms with van der Waals surface area (Å²) in [5, 5.41) is 14.2. The number of ether oxygens (including phenoxy) is 1. The highest BCUT2D eigenvalue weighted by molar-refractivity contribution is 5.96. The highest BCUT2D eigenvalue weighted by atomic mass is 16.5. The molecular weight excluding hydrogens is 346 g/mol. The van der Waals surface area contributed by atoms with Gasteiger partial charge in [0.25, 0.3) is 5.91 Å². The van der Waals surface area contributed by atoms with Crippen molar-refractivity contribution in [3.8, 4) is 6.07 Å². The largest absolute Gasteiger partial charge is 0.452 e. The third kappa shape index (κ3) is 5.97. The molecule has 0 spiro atoms. The second-order valence-electron chi connectivity index (χ2n) is 5.83. The number of esters is 1. The molecule has 0 unspecified atom stereocenters. The van der Waals surface area contributed by atoms with Gasteiger partial charge in [-0.2, -0.15) is 5.26 Å². The Labute approximate surface area is 156 Å². The molecule has 7 nitrogen and oxygen atoms in total. The topological polar surface area (TPSA) is 108 Å². The quantitative estimate of drug-likeness (QED) is 0.765. The van der Waals surface area contributed by atoms with Gasteiger partial charge >= 0.3 is 5.97 Å². The van der Waals surface area contributed by atoms with Gasteiger partial charge in [0.15, 0.2) is 6.10 Å². The number of para-hydroxylation sites is 1. The summed E-state index contributed by atoms with van der Waals surface area (Å²) in [6.07, 6.45) is -1.02. The number of carbonyl (C=O) groups is 3. The normalized spacial score (nSPS) is 11.0. The van der Waals surface area contributed by atoms with E-state index in [4.69, 9.17) is 10.00 Å². The van der Waals surface area contributed by atoms with Crippen LogP contribution in [0.3, 0.4) is 0 Å². The van der Waals surface area contributed by atoms with Crippen LogP contribution in [0.4, 0.5) is 11.4 Å². The van der Waals surface area contributed by atoms with Gasteiger partial charge in [0.2, 0.25) is 5.91 Å². The Balaban J connectivity index is 1.90. The van der Waals surface area contributed by atoms with Crippen LogP contribution in [0.1, 0.15) is 25.0 Å². The van der Waals surface area contributed by atoms with E-state index < -0.39 is 18.0 Å². The van der Waals surface area contributed by atoms with Crippen molar-refractivity contribution in [3.05, 3.63) is 59.7 Å². The maximum Gasteiger partial charge on any atom is 0.311 e. The SMILES string of the molecule is CC(=O)Nc1ccc(CC(=O)O[C@@H](C)C(=O)Nc2ccccc2C#N)cc1. The lowest BCUT2D eigenvalue weighted by molar-refractivity contribution is -0.152. The van der Waals surface area contributed by atoms with E-state index in [1.807, 2.05) is 6.07 Å². The first-order chi connectivity index (χ1) is 12.9. The minimum atomic E-state index is -1.01. The zero-order valence-corrected chi connectivity index (χ0v) is 15.0. The molecule has 138 valence electrons. The van der Waals surface area contributed by atoms with E-state index in [1.54, 1.807) is 48.5 Å². The molecule has 0 aliphatic heterocycles. The highest BCUT2D eigenvalue weighted by Gasteiger charge is 2.19. The van der Waals surface area contributed by atoms with Gasteiger partial charge in [-0.15, -0.1) is 0 Å². The Hall–Kier alpha value is -3.66. The molecule has 0 saturated carbocycles. The standard InChI is InChI=1S/C20H19N3O4/c1-13(20(26)23-18-6-4-3-5-16(18)12-21)27-19(25)11-15-7-9-17(10-8-15)22-14(2)24/h3-10,13H,11H2,1-2H3,(H,22,24)(H,23,26)/t13-/m0/s1. The first-order valence-corrected chi connectivity index (χ1v) is 8.25. The molecule has 7 heteroatoms. The number of nitrogens with one attached hydrogen (secondary N) is 2. The smallest absolute Gasteiger partial charge is 0.311 e. The van der Waals surface area contributed by atoms with Crippen molar-refractivity contribution in [1.29, 1.82) is 5.26 Å². The number of hydrogen-bond acceptors (Lipinski definition) is 5. The van der Waals surface area contributed by atoms with Crippen molar-refractivity contribution in [3.63, 3.8) is 0 Å². The van der Waals surface area contributed by atoms with E-state index in [0.29, 0.717) is 22.5 Å². The van der Waals surface area contributed by atoms with Gasteiger partial charge in [-0.1, -0.05) is 24.3 Å². The lowest BCUT2D eigenvalue weighted by Crippen LogP contribution is -2.30. The third-order valence-electron chi connectivity index (χ3n) is 3.61. The van der Waals surface area contributed by atoms with Crippen LogP contribution in [-0.2, 0) is 25.5 Å². The molecule has 0 radical (unpaired) electrons. The minimum Gasteiger partial charge on any atom is -0.452 e. The summed E-state index contributed by atoms with van der Waals surface area (Å²) in [6, 6.07) is 15.3. The molecular formula is C20H19N3O4. The summed E-state index contributed by atoms with van der Waals surface area (Å²) in [6.45, 7) is 2.87. The Morgan fingerprint density at radius 1 is 1.07 bits per heavy atom. The molecule has 2 N–H and O–H groups in total. The van der Waals surface area contributed by atoms with Crippen molar-refractivity contribution in [2.75, 3.05) is 10.6 Å². The van der Waals surface area contributed by atoms with Crippen molar-refractivity contribution in [2.24, 2.45) is 0 Å². The van der Waals surface area contributed by atoms with Gasteiger partial charge in [-0.25, -0.2) is 0 Å². The number of rotatable bonds is 6. The molecule has 2 aromatic carbocycles. The van der Waals surface area contributed by atoms with Crippen LogP contribution in [0.15, 0.2) is 48.5 Å². The summed E-state index contributed by atoms with van der Waals surface area (Å²) in [4.78, 5) is 35.2. The van der Waals surface area contributed by atoms with Crippen LogP contribution < -0.4 is 10.6 Å². The molecule has 0 aromatic heterocycles. The Morgan fingerprint density at radius 3 is 2.37 bits per heavy atom. The molecule has 0 aliphatic rings. The predicted molar refractivity (Wildman–Crippen MR) is 99.8 cm³/mol. The molecule has 2 rings (SSSR count). The fourth-order valence-electron chi connectivity index (χ4n) is 2.29. The van der Waals surface area contributed by atoms with E-state index in [2.05, 4.69) is 10.6 Å². The fraction of sp³-hybridized carbons (Fsp3) is 0.200.